The van der Waals surface area contributed by atoms with E-state index in [-0.39, 0.29) is 16.8 Å². The third-order valence-corrected chi connectivity index (χ3v) is 5.50. The molecule has 1 amide bonds. The van der Waals surface area contributed by atoms with Crippen LogP contribution >= 0.6 is 0 Å². The van der Waals surface area contributed by atoms with Crippen molar-refractivity contribution in [2.24, 2.45) is 5.92 Å². The lowest BCUT2D eigenvalue weighted by atomic mass is 9.98. The smallest absolute Gasteiger partial charge is 0.241 e. The molecule has 0 aliphatic heterocycles. The van der Waals surface area contributed by atoms with E-state index in [1.54, 1.807) is 19.2 Å². The molecule has 146 valence electrons. The van der Waals surface area contributed by atoms with E-state index in [2.05, 4.69) is 10.0 Å². The largest absolute Gasteiger partial charge is 0.497 e. The van der Waals surface area contributed by atoms with Crippen LogP contribution in [0.4, 0.5) is 5.69 Å². The minimum absolute atomic E-state index is 0.152. The van der Waals surface area contributed by atoms with Gasteiger partial charge in [-0.3, -0.25) is 4.79 Å². The SMILES string of the molecule is COc1ccc([C@@H](CC(C)C)NS(=O)(=O)c2ccc(NC(C)=O)cc2)cc1. The van der Waals surface area contributed by atoms with Crippen LogP contribution in [0.1, 0.15) is 38.8 Å². The van der Waals surface area contributed by atoms with Gasteiger partial charge in [0.1, 0.15) is 5.75 Å². The number of hydrogen-bond donors (Lipinski definition) is 2. The molecule has 2 N–H and O–H groups in total. The van der Waals surface area contributed by atoms with Gasteiger partial charge in [0, 0.05) is 18.7 Å². The molecule has 2 rings (SSSR count). The van der Waals surface area contributed by atoms with Crippen LogP contribution in [0.2, 0.25) is 0 Å². The van der Waals surface area contributed by atoms with E-state index in [0.717, 1.165) is 11.3 Å². The van der Waals surface area contributed by atoms with E-state index in [1.807, 2.05) is 38.1 Å². The van der Waals surface area contributed by atoms with Gasteiger partial charge in [-0.2, -0.15) is 0 Å². The fourth-order valence-electron chi connectivity index (χ4n) is 2.74. The van der Waals surface area contributed by atoms with Crippen LogP contribution < -0.4 is 14.8 Å². The van der Waals surface area contributed by atoms with Gasteiger partial charge in [-0.25, -0.2) is 13.1 Å². The van der Waals surface area contributed by atoms with Gasteiger partial charge in [-0.15, -0.1) is 0 Å². The summed E-state index contributed by atoms with van der Waals surface area (Å²) < 4.78 is 33.6. The summed E-state index contributed by atoms with van der Waals surface area (Å²) in [7, 11) is -2.12. The van der Waals surface area contributed by atoms with Crippen LogP contribution in [0.15, 0.2) is 53.4 Å². The first-order chi connectivity index (χ1) is 12.7. The summed E-state index contributed by atoms with van der Waals surface area (Å²) in [6.07, 6.45) is 0.662. The van der Waals surface area contributed by atoms with Crippen LogP contribution in [0.25, 0.3) is 0 Å². The van der Waals surface area contributed by atoms with Crippen LogP contribution in [0.3, 0.4) is 0 Å². The molecule has 0 unspecified atom stereocenters. The normalized spacial score (nSPS) is 12.6. The van der Waals surface area contributed by atoms with Crippen molar-refractivity contribution in [2.45, 2.75) is 38.1 Å². The van der Waals surface area contributed by atoms with Crippen molar-refractivity contribution < 1.29 is 17.9 Å². The average molecular weight is 391 g/mol. The molecule has 2 aromatic carbocycles. The standard InChI is InChI=1S/C20H26N2O4S/c1-14(2)13-20(16-5-9-18(26-4)10-6-16)22-27(24,25)19-11-7-17(8-12-19)21-15(3)23/h5-12,14,20,22H,13H2,1-4H3,(H,21,23)/t20-/m1/s1. The third-order valence-electron chi connectivity index (χ3n) is 4.01. The number of benzene rings is 2. The first-order valence-electron chi connectivity index (χ1n) is 8.75. The van der Waals surface area contributed by atoms with Gasteiger partial charge in [0.05, 0.1) is 12.0 Å². The zero-order valence-corrected chi connectivity index (χ0v) is 16.8. The highest BCUT2D eigenvalue weighted by atomic mass is 32.2. The molecule has 0 saturated carbocycles. The number of ether oxygens (including phenoxy) is 1. The lowest BCUT2D eigenvalue weighted by Crippen LogP contribution is -2.29. The van der Waals surface area contributed by atoms with Crippen LogP contribution in [-0.2, 0) is 14.8 Å². The predicted octanol–water partition coefficient (Wildman–Crippen LogP) is 3.72. The van der Waals surface area contributed by atoms with Crippen molar-refractivity contribution in [3.63, 3.8) is 0 Å². The summed E-state index contributed by atoms with van der Waals surface area (Å²) in [6.45, 7) is 5.50. The Bertz CT molecular complexity index is 860. The highest BCUT2D eigenvalue weighted by molar-refractivity contribution is 7.89. The predicted molar refractivity (Wildman–Crippen MR) is 106 cm³/mol. The van der Waals surface area contributed by atoms with Gasteiger partial charge in [0.25, 0.3) is 0 Å². The molecular weight excluding hydrogens is 364 g/mol. The van der Waals surface area contributed by atoms with Crippen LogP contribution in [0, 0.1) is 5.92 Å². The van der Waals surface area contributed by atoms with Crippen molar-refractivity contribution in [1.29, 1.82) is 0 Å². The average Bonchev–Trinajstić information content (AvgIpc) is 2.60. The van der Waals surface area contributed by atoms with E-state index >= 15 is 0 Å². The molecule has 0 aliphatic carbocycles. The van der Waals surface area contributed by atoms with Gasteiger partial charge >= 0.3 is 0 Å². The van der Waals surface area contributed by atoms with E-state index in [9.17, 15) is 13.2 Å². The number of nitrogens with one attached hydrogen (secondary N) is 2. The molecule has 0 aromatic heterocycles. The second kappa shape index (κ2) is 9.01. The fraction of sp³-hybridized carbons (Fsp3) is 0.350. The maximum atomic E-state index is 12.8. The highest BCUT2D eigenvalue weighted by Gasteiger charge is 2.22. The lowest BCUT2D eigenvalue weighted by molar-refractivity contribution is -0.114. The van der Waals surface area contributed by atoms with E-state index < -0.39 is 10.0 Å². The summed E-state index contributed by atoms with van der Waals surface area (Å²) in [5, 5.41) is 2.62. The van der Waals surface area contributed by atoms with E-state index in [4.69, 9.17) is 4.74 Å². The Morgan fingerprint density at radius 2 is 1.63 bits per heavy atom. The molecule has 27 heavy (non-hydrogen) atoms. The summed E-state index contributed by atoms with van der Waals surface area (Å²) in [6, 6.07) is 13.1. The molecule has 0 radical (unpaired) electrons. The Labute approximate surface area is 161 Å². The van der Waals surface area contributed by atoms with Crippen LogP contribution in [-0.4, -0.2) is 21.4 Å². The minimum atomic E-state index is -3.71. The molecular formula is C20H26N2O4S. The molecule has 7 heteroatoms. The molecule has 6 nitrogen and oxygen atoms in total. The minimum Gasteiger partial charge on any atom is -0.497 e. The Morgan fingerprint density at radius 3 is 2.11 bits per heavy atom. The Morgan fingerprint density at radius 1 is 1.04 bits per heavy atom. The molecule has 0 aliphatic rings. The first kappa shape index (κ1) is 20.9. The summed E-state index contributed by atoms with van der Waals surface area (Å²) >= 11 is 0. The maximum absolute atomic E-state index is 12.8. The first-order valence-corrected chi connectivity index (χ1v) is 10.2. The van der Waals surface area contributed by atoms with Crippen molar-refractivity contribution in [3.05, 3.63) is 54.1 Å². The van der Waals surface area contributed by atoms with Crippen molar-refractivity contribution >= 4 is 21.6 Å². The number of carbonyl (C=O) groups is 1. The van der Waals surface area contributed by atoms with Gasteiger partial charge < -0.3 is 10.1 Å². The second-order valence-corrected chi connectivity index (χ2v) is 8.50. The summed E-state index contributed by atoms with van der Waals surface area (Å²) in [5.74, 6) is 0.820. The Hall–Kier alpha value is -2.38. The Kier molecular flexibility index (Phi) is 6.98. The third kappa shape index (κ3) is 6.08. The van der Waals surface area contributed by atoms with E-state index in [1.165, 1.54) is 19.1 Å². The molecule has 2 aromatic rings. The monoisotopic (exact) mass is 390 g/mol. The van der Waals surface area contributed by atoms with Gasteiger partial charge in [-0.1, -0.05) is 26.0 Å². The summed E-state index contributed by atoms with van der Waals surface area (Å²) in [4.78, 5) is 11.2. The molecule has 1 atom stereocenters. The van der Waals surface area contributed by atoms with Crippen molar-refractivity contribution in [1.82, 2.24) is 4.72 Å². The molecule has 0 saturated heterocycles. The topological polar surface area (TPSA) is 84.5 Å². The number of hydrogen-bond acceptors (Lipinski definition) is 4. The Balaban J connectivity index is 2.24. The quantitative estimate of drug-likeness (QED) is 0.719. The number of methoxy groups -OCH3 is 1. The van der Waals surface area contributed by atoms with Gasteiger partial charge in [0.15, 0.2) is 0 Å². The molecule has 0 spiro atoms. The van der Waals surface area contributed by atoms with E-state index in [0.29, 0.717) is 18.0 Å². The van der Waals surface area contributed by atoms with Gasteiger partial charge in [0.2, 0.25) is 15.9 Å². The fourth-order valence-corrected chi connectivity index (χ4v) is 3.97. The number of carbonyl (C=O) groups excluding carboxylic acids is 1. The van der Waals surface area contributed by atoms with Gasteiger partial charge in [-0.05, 0) is 54.3 Å². The summed E-state index contributed by atoms with van der Waals surface area (Å²) in [5.41, 5.74) is 1.43. The zero-order valence-electron chi connectivity index (χ0n) is 16.0. The highest BCUT2D eigenvalue weighted by Crippen LogP contribution is 2.26. The number of rotatable bonds is 8. The van der Waals surface area contributed by atoms with Crippen molar-refractivity contribution in [3.8, 4) is 5.75 Å². The number of sulfonamides is 1. The van der Waals surface area contributed by atoms with Crippen LogP contribution in [0.5, 0.6) is 5.75 Å². The number of amides is 1. The lowest BCUT2D eigenvalue weighted by Gasteiger charge is -2.21. The molecule has 0 bridgehead atoms. The second-order valence-electron chi connectivity index (χ2n) is 6.78. The number of anilines is 1. The van der Waals surface area contributed by atoms with Crippen molar-refractivity contribution in [2.75, 3.05) is 12.4 Å². The molecule has 0 fully saturated rings. The molecule has 0 heterocycles. The maximum Gasteiger partial charge on any atom is 0.241 e. The zero-order chi connectivity index (χ0) is 20.0.